The van der Waals surface area contributed by atoms with Crippen LogP contribution in [0.2, 0.25) is 0 Å². The maximum atomic E-state index is 4.14. The van der Waals surface area contributed by atoms with Crippen molar-refractivity contribution in [2.24, 2.45) is 5.10 Å². The Balaban J connectivity index is 1.77. The van der Waals surface area contributed by atoms with Crippen molar-refractivity contribution in [3.05, 3.63) is 47.6 Å². The lowest BCUT2D eigenvalue weighted by atomic mass is 10.2. The van der Waals surface area contributed by atoms with Gasteiger partial charge in [0, 0.05) is 23.3 Å². The molecule has 3 aromatic rings. The fraction of sp³-hybridized carbons (Fsp3) is 0. The van der Waals surface area contributed by atoms with Gasteiger partial charge in [0.15, 0.2) is 0 Å². The molecular weight excluding hydrogens is 232 g/mol. The predicted molar refractivity (Wildman–Crippen MR) is 71.6 cm³/mol. The second kappa shape index (κ2) is 4.39. The molecule has 0 unspecified atom stereocenters. The maximum absolute atomic E-state index is 4.14. The average molecular weight is 242 g/mol. The second-order valence-electron chi connectivity index (χ2n) is 3.53. The van der Waals surface area contributed by atoms with E-state index in [0.29, 0.717) is 0 Å². The molecule has 2 aromatic heterocycles. The summed E-state index contributed by atoms with van der Waals surface area (Å²) >= 11 is 1.52. The Morgan fingerprint density at radius 1 is 1.35 bits per heavy atom. The zero-order valence-electron chi connectivity index (χ0n) is 8.92. The maximum Gasteiger partial charge on any atom is 0.203 e. The summed E-state index contributed by atoms with van der Waals surface area (Å²) in [7, 11) is 0. The number of aromatic nitrogens is 2. The van der Waals surface area contributed by atoms with E-state index >= 15 is 0 Å². The first-order valence-electron chi connectivity index (χ1n) is 5.17. The standard InChI is InChI=1S/C12H10N4S/c1-2-11-10(3-4-13-11)7-9(1)8-15-16-12-14-5-6-17-12/h1-8,13H,(H,14,16). The molecule has 0 fully saturated rings. The van der Waals surface area contributed by atoms with Crippen molar-refractivity contribution in [1.29, 1.82) is 0 Å². The normalized spacial score (nSPS) is 11.3. The number of anilines is 1. The Bertz CT molecular complexity index is 639. The minimum Gasteiger partial charge on any atom is -0.361 e. The highest BCUT2D eigenvalue weighted by molar-refractivity contribution is 7.13. The number of hydrogen-bond donors (Lipinski definition) is 2. The van der Waals surface area contributed by atoms with Crippen LogP contribution in [-0.4, -0.2) is 16.2 Å². The van der Waals surface area contributed by atoms with Gasteiger partial charge in [0.2, 0.25) is 5.13 Å². The van der Waals surface area contributed by atoms with Gasteiger partial charge >= 0.3 is 0 Å². The monoisotopic (exact) mass is 242 g/mol. The molecule has 0 bridgehead atoms. The van der Waals surface area contributed by atoms with E-state index in [2.05, 4.69) is 26.6 Å². The third kappa shape index (κ3) is 2.19. The predicted octanol–water partition coefficient (Wildman–Crippen LogP) is 3.07. The fourth-order valence-corrected chi connectivity index (χ4v) is 2.07. The molecule has 17 heavy (non-hydrogen) atoms. The molecule has 0 spiro atoms. The smallest absolute Gasteiger partial charge is 0.203 e. The Hall–Kier alpha value is -2.14. The van der Waals surface area contributed by atoms with Crippen LogP contribution in [0.4, 0.5) is 5.13 Å². The van der Waals surface area contributed by atoms with Gasteiger partial charge in [-0.25, -0.2) is 4.98 Å². The molecule has 0 aliphatic heterocycles. The summed E-state index contributed by atoms with van der Waals surface area (Å²) in [5.74, 6) is 0. The van der Waals surface area contributed by atoms with Gasteiger partial charge < -0.3 is 4.98 Å². The van der Waals surface area contributed by atoms with Crippen LogP contribution in [0.25, 0.3) is 10.9 Å². The summed E-state index contributed by atoms with van der Waals surface area (Å²) in [5.41, 5.74) is 5.07. The minimum absolute atomic E-state index is 0.795. The SMILES string of the molecule is C(=NNc1nccs1)c1ccc2[nH]ccc2c1. The zero-order valence-corrected chi connectivity index (χ0v) is 9.74. The first-order chi connectivity index (χ1) is 8.42. The summed E-state index contributed by atoms with van der Waals surface area (Å²) < 4.78 is 0. The van der Waals surface area contributed by atoms with Gasteiger partial charge in [-0.05, 0) is 29.1 Å². The highest BCUT2D eigenvalue weighted by atomic mass is 32.1. The molecule has 0 aliphatic rings. The number of aromatic amines is 1. The Morgan fingerprint density at radius 3 is 3.24 bits per heavy atom. The largest absolute Gasteiger partial charge is 0.361 e. The molecular formula is C12H10N4S. The first-order valence-corrected chi connectivity index (χ1v) is 6.05. The lowest BCUT2D eigenvalue weighted by molar-refractivity contribution is 1.29. The van der Waals surface area contributed by atoms with E-state index in [1.54, 1.807) is 12.4 Å². The Morgan fingerprint density at radius 2 is 2.35 bits per heavy atom. The van der Waals surface area contributed by atoms with Crippen LogP contribution in [0, 0.1) is 0 Å². The average Bonchev–Trinajstić information content (AvgIpc) is 2.98. The molecule has 2 N–H and O–H groups in total. The van der Waals surface area contributed by atoms with Crippen LogP contribution in [0.3, 0.4) is 0 Å². The van der Waals surface area contributed by atoms with Crippen molar-refractivity contribution in [3.8, 4) is 0 Å². The Kier molecular flexibility index (Phi) is 2.59. The Labute approximate surface area is 102 Å². The van der Waals surface area contributed by atoms with E-state index in [1.807, 2.05) is 29.8 Å². The third-order valence-electron chi connectivity index (χ3n) is 2.38. The van der Waals surface area contributed by atoms with Gasteiger partial charge in [0.1, 0.15) is 0 Å². The number of thiazole rings is 1. The number of hydrazone groups is 1. The summed E-state index contributed by atoms with van der Waals surface area (Å²) in [6.45, 7) is 0. The number of rotatable bonds is 3. The van der Waals surface area contributed by atoms with Crippen LogP contribution in [0.1, 0.15) is 5.56 Å². The summed E-state index contributed by atoms with van der Waals surface area (Å²) in [4.78, 5) is 7.23. The molecule has 1 aromatic carbocycles. The molecule has 0 saturated carbocycles. The number of H-pyrrole nitrogens is 1. The molecule has 4 nitrogen and oxygen atoms in total. The van der Waals surface area contributed by atoms with Crippen LogP contribution >= 0.6 is 11.3 Å². The van der Waals surface area contributed by atoms with Crippen molar-refractivity contribution >= 4 is 33.6 Å². The van der Waals surface area contributed by atoms with Crippen molar-refractivity contribution in [2.75, 3.05) is 5.43 Å². The van der Waals surface area contributed by atoms with Crippen molar-refractivity contribution < 1.29 is 0 Å². The summed E-state index contributed by atoms with van der Waals surface area (Å²) in [5, 5.41) is 8.02. The molecule has 0 aliphatic carbocycles. The van der Waals surface area contributed by atoms with Gasteiger partial charge in [0.25, 0.3) is 0 Å². The van der Waals surface area contributed by atoms with Crippen LogP contribution < -0.4 is 5.43 Å². The fourth-order valence-electron chi connectivity index (χ4n) is 1.59. The zero-order chi connectivity index (χ0) is 11.5. The van der Waals surface area contributed by atoms with Crippen molar-refractivity contribution in [2.45, 2.75) is 0 Å². The van der Waals surface area contributed by atoms with Gasteiger partial charge in [-0.15, -0.1) is 11.3 Å². The highest BCUT2D eigenvalue weighted by Gasteiger charge is 1.95. The number of hydrogen-bond acceptors (Lipinski definition) is 4. The summed E-state index contributed by atoms with van der Waals surface area (Å²) in [6, 6.07) is 8.19. The number of benzene rings is 1. The summed E-state index contributed by atoms with van der Waals surface area (Å²) in [6.07, 6.45) is 5.46. The topological polar surface area (TPSA) is 53.1 Å². The quantitative estimate of drug-likeness (QED) is 0.548. The number of nitrogens with zero attached hydrogens (tertiary/aromatic N) is 2. The van der Waals surface area contributed by atoms with Gasteiger partial charge in [0.05, 0.1) is 6.21 Å². The van der Waals surface area contributed by atoms with E-state index in [4.69, 9.17) is 0 Å². The number of nitrogens with one attached hydrogen (secondary N) is 2. The highest BCUT2D eigenvalue weighted by Crippen LogP contribution is 2.13. The number of fused-ring (bicyclic) bond motifs is 1. The van der Waals surface area contributed by atoms with Crippen molar-refractivity contribution in [3.63, 3.8) is 0 Å². The molecule has 0 radical (unpaired) electrons. The molecule has 2 heterocycles. The lowest BCUT2D eigenvalue weighted by Crippen LogP contribution is -1.89. The molecule has 0 atom stereocenters. The van der Waals surface area contributed by atoms with E-state index in [9.17, 15) is 0 Å². The van der Waals surface area contributed by atoms with Crippen LogP contribution in [0.5, 0.6) is 0 Å². The lowest BCUT2D eigenvalue weighted by Gasteiger charge is -1.95. The molecule has 3 rings (SSSR count). The molecule has 0 saturated heterocycles. The van der Waals surface area contributed by atoms with E-state index in [-0.39, 0.29) is 0 Å². The van der Waals surface area contributed by atoms with Crippen LogP contribution in [-0.2, 0) is 0 Å². The second-order valence-corrected chi connectivity index (χ2v) is 4.43. The van der Waals surface area contributed by atoms with Gasteiger partial charge in [-0.1, -0.05) is 6.07 Å². The van der Waals surface area contributed by atoms with Crippen molar-refractivity contribution in [1.82, 2.24) is 9.97 Å². The van der Waals surface area contributed by atoms with Gasteiger partial charge in [-0.2, -0.15) is 5.10 Å². The van der Waals surface area contributed by atoms with Gasteiger partial charge in [-0.3, -0.25) is 5.43 Å². The van der Waals surface area contributed by atoms with E-state index < -0.39 is 0 Å². The third-order valence-corrected chi connectivity index (χ3v) is 3.06. The van der Waals surface area contributed by atoms with E-state index in [1.165, 1.54) is 16.7 Å². The van der Waals surface area contributed by atoms with E-state index in [0.717, 1.165) is 16.2 Å². The molecule has 0 amide bonds. The van der Waals surface area contributed by atoms with Crippen LogP contribution in [0.15, 0.2) is 47.1 Å². The molecule has 5 heteroatoms. The first kappa shape index (κ1) is 10.0. The molecule has 84 valence electrons. The minimum atomic E-state index is 0.795.